The summed E-state index contributed by atoms with van der Waals surface area (Å²) in [5.74, 6) is -0.872. The molecule has 1 rings (SSSR count). The number of benzene rings is 1. The highest BCUT2D eigenvalue weighted by molar-refractivity contribution is 5.20. The van der Waals surface area contributed by atoms with Crippen molar-refractivity contribution in [3.63, 3.8) is 0 Å². The third-order valence-electron chi connectivity index (χ3n) is 4.86. The lowest BCUT2D eigenvalue weighted by Crippen LogP contribution is -2.47. The van der Waals surface area contributed by atoms with E-state index >= 15 is 0 Å². The maximum atomic E-state index is 11.0. The van der Waals surface area contributed by atoms with E-state index in [4.69, 9.17) is 9.47 Å². The molecule has 24 heavy (non-hydrogen) atoms. The van der Waals surface area contributed by atoms with Crippen LogP contribution in [-0.2, 0) is 9.47 Å². The lowest BCUT2D eigenvalue weighted by molar-refractivity contribution is -0.299. The van der Waals surface area contributed by atoms with Gasteiger partial charge in [0.05, 0.1) is 0 Å². The summed E-state index contributed by atoms with van der Waals surface area (Å²) < 4.78 is 11.8. The van der Waals surface area contributed by atoms with Gasteiger partial charge in [0.25, 0.3) is 0 Å². The molecule has 0 aliphatic rings. The summed E-state index contributed by atoms with van der Waals surface area (Å²) in [6.45, 7) is 6.82. The fourth-order valence-electron chi connectivity index (χ4n) is 3.39. The van der Waals surface area contributed by atoms with Crippen molar-refractivity contribution in [3.8, 4) is 0 Å². The highest BCUT2D eigenvalue weighted by atomic mass is 16.7. The Morgan fingerprint density at radius 2 is 1.62 bits per heavy atom. The first-order valence-corrected chi connectivity index (χ1v) is 9.54. The number of methoxy groups -OCH3 is 1. The van der Waals surface area contributed by atoms with Crippen molar-refractivity contribution in [1.29, 1.82) is 0 Å². The van der Waals surface area contributed by atoms with E-state index in [9.17, 15) is 5.11 Å². The van der Waals surface area contributed by atoms with Gasteiger partial charge >= 0.3 is 0 Å². The molecule has 0 fully saturated rings. The quantitative estimate of drug-likeness (QED) is 0.382. The molecule has 0 saturated carbocycles. The van der Waals surface area contributed by atoms with Crippen molar-refractivity contribution < 1.29 is 14.6 Å². The molecular formula is C21H36O3. The number of hydrogen-bond acceptors (Lipinski definition) is 3. The van der Waals surface area contributed by atoms with Gasteiger partial charge in [-0.05, 0) is 18.9 Å². The number of hydrogen-bond donors (Lipinski definition) is 1. The second-order valence-electron chi connectivity index (χ2n) is 6.63. The topological polar surface area (TPSA) is 38.7 Å². The van der Waals surface area contributed by atoms with Crippen LogP contribution < -0.4 is 0 Å². The van der Waals surface area contributed by atoms with Crippen molar-refractivity contribution >= 4 is 0 Å². The molecule has 1 aromatic rings. The summed E-state index contributed by atoms with van der Waals surface area (Å²) >= 11 is 0. The Hall–Kier alpha value is -0.900. The largest absolute Gasteiger partial charge is 0.383 e. The third-order valence-corrected chi connectivity index (χ3v) is 4.86. The lowest BCUT2D eigenvalue weighted by atomic mass is 9.86. The summed E-state index contributed by atoms with van der Waals surface area (Å²) in [5, 5.41) is 11.0. The van der Waals surface area contributed by atoms with E-state index in [0.29, 0.717) is 6.61 Å². The molecular weight excluding hydrogens is 300 g/mol. The molecule has 0 spiro atoms. The third kappa shape index (κ3) is 5.87. The number of aliphatic hydroxyl groups excluding tert-OH is 1. The van der Waals surface area contributed by atoms with E-state index in [2.05, 4.69) is 13.8 Å². The van der Waals surface area contributed by atoms with Gasteiger partial charge in [0.15, 0.2) is 0 Å². The number of aliphatic hydroxyl groups is 1. The van der Waals surface area contributed by atoms with Gasteiger partial charge < -0.3 is 14.6 Å². The van der Waals surface area contributed by atoms with Crippen LogP contribution in [0.4, 0.5) is 0 Å². The summed E-state index contributed by atoms with van der Waals surface area (Å²) in [5.41, 5.74) is 0.836. The Labute approximate surface area is 148 Å². The highest BCUT2D eigenvalue weighted by Crippen LogP contribution is 2.39. The van der Waals surface area contributed by atoms with Gasteiger partial charge in [0.1, 0.15) is 6.10 Å². The van der Waals surface area contributed by atoms with Crippen LogP contribution in [0.3, 0.4) is 0 Å². The maximum Gasteiger partial charge on any atom is 0.201 e. The van der Waals surface area contributed by atoms with Crippen molar-refractivity contribution in [3.05, 3.63) is 35.9 Å². The lowest BCUT2D eigenvalue weighted by Gasteiger charge is -2.41. The van der Waals surface area contributed by atoms with Gasteiger partial charge in [-0.15, -0.1) is 0 Å². The van der Waals surface area contributed by atoms with Crippen molar-refractivity contribution in [1.82, 2.24) is 0 Å². The van der Waals surface area contributed by atoms with Crippen LogP contribution in [0.2, 0.25) is 0 Å². The molecule has 0 heterocycles. The number of ether oxygens (including phenoxy) is 2. The van der Waals surface area contributed by atoms with Crippen LogP contribution in [0.15, 0.2) is 30.3 Å². The first-order valence-electron chi connectivity index (χ1n) is 9.54. The minimum atomic E-state index is -0.987. The van der Waals surface area contributed by atoms with E-state index in [1.165, 1.54) is 32.1 Å². The molecule has 0 saturated heterocycles. The van der Waals surface area contributed by atoms with Crippen LogP contribution in [0.5, 0.6) is 0 Å². The Balaban J connectivity index is 2.71. The average Bonchev–Trinajstić information content (AvgIpc) is 2.62. The maximum absolute atomic E-state index is 11.0. The smallest absolute Gasteiger partial charge is 0.201 e. The normalized spacial score (nSPS) is 16.5. The molecule has 1 N–H and O–H groups in total. The van der Waals surface area contributed by atoms with E-state index in [0.717, 1.165) is 18.4 Å². The van der Waals surface area contributed by atoms with E-state index in [1.807, 2.05) is 37.3 Å². The number of unbranched alkanes of at least 4 members (excludes halogenated alkanes) is 5. The summed E-state index contributed by atoms with van der Waals surface area (Å²) in [7, 11) is 1.64. The fraction of sp³-hybridized carbons (Fsp3) is 0.714. The molecule has 0 bridgehead atoms. The van der Waals surface area contributed by atoms with E-state index < -0.39 is 11.9 Å². The Morgan fingerprint density at radius 3 is 2.21 bits per heavy atom. The van der Waals surface area contributed by atoms with Crippen molar-refractivity contribution in [2.45, 2.75) is 77.6 Å². The van der Waals surface area contributed by atoms with Crippen LogP contribution in [-0.4, -0.2) is 24.6 Å². The fourth-order valence-corrected chi connectivity index (χ4v) is 3.39. The molecule has 0 aromatic heterocycles. The van der Waals surface area contributed by atoms with Gasteiger partial charge in [-0.25, -0.2) is 0 Å². The second-order valence-corrected chi connectivity index (χ2v) is 6.63. The second kappa shape index (κ2) is 11.6. The Morgan fingerprint density at radius 1 is 1.00 bits per heavy atom. The molecule has 1 aromatic carbocycles. The predicted octanol–water partition coefficient (Wildman–Crippen LogP) is 5.49. The molecule has 0 aliphatic carbocycles. The summed E-state index contributed by atoms with van der Waals surface area (Å²) in [6, 6.07) is 9.67. The summed E-state index contributed by atoms with van der Waals surface area (Å²) in [4.78, 5) is 0. The Bertz CT molecular complexity index is 420. The first kappa shape index (κ1) is 21.1. The summed E-state index contributed by atoms with van der Waals surface area (Å²) in [6.07, 6.45) is 7.78. The molecule has 3 nitrogen and oxygen atoms in total. The molecule has 0 aliphatic heterocycles. The van der Waals surface area contributed by atoms with Gasteiger partial charge in [0.2, 0.25) is 5.79 Å². The minimum Gasteiger partial charge on any atom is -0.383 e. The first-order chi connectivity index (χ1) is 11.6. The molecule has 3 atom stereocenters. The monoisotopic (exact) mass is 336 g/mol. The molecule has 138 valence electrons. The predicted molar refractivity (Wildman–Crippen MR) is 99.9 cm³/mol. The minimum absolute atomic E-state index is 0.115. The van der Waals surface area contributed by atoms with Crippen LogP contribution in [0, 0.1) is 5.92 Å². The molecule has 0 radical (unpaired) electrons. The van der Waals surface area contributed by atoms with E-state index in [-0.39, 0.29) is 5.92 Å². The Kier molecular flexibility index (Phi) is 10.2. The highest BCUT2D eigenvalue weighted by Gasteiger charge is 2.44. The molecule has 0 amide bonds. The molecule has 3 heteroatoms. The van der Waals surface area contributed by atoms with Gasteiger partial charge in [0, 0.05) is 19.6 Å². The van der Waals surface area contributed by atoms with Gasteiger partial charge in [-0.1, -0.05) is 82.7 Å². The standard InChI is InChI=1S/C21H36O3/c1-5-7-8-9-10-12-15-18(3)21(23-4,24-6-2)20(22)19-16-13-11-14-17-19/h11,13-14,16-18,20,22H,5-10,12,15H2,1-4H3. The van der Waals surface area contributed by atoms with Crippen molar-refractivity contribution in [2.75, 3.05) is 13.7 Å². The van der Waals surface area contributed by atoms with Crippen LogP contribution in [0.25, 0.3) is 0 Å². The average molecular weight is 337 g/mol. The zero-order valence-electron chi connectivity index (χ0n) is 16.0. The SMILES string of the molecule is CCCCCCCCC(C)C(OC)(OCC)C(O)c1ccccc1. The van der Waals surface area contributed by atoms with Gasteiger partial charge in [-0.2, -0.15) is 0 Å². The van der Waals surface area contributed by atoms with Crippen LogP contribution in [0.1, 0.15) is 77.4 Å². The number of rotatable bonds is 13. The zero-order valence-corrected chi connectivity index (χ0v) is 16.0. The van der Waals surface area contributed by atoms with E-state index in [1.54, 1.807) is 7.11 Å². The van der Waals surface area contributed by atoms with Crippen molar-refractivity contribution in [2.24, 2.45) is 5.92 Å². The van der Waals surface area contributed by atoms with Crippen LogP contribution >= 0.6 is 0 Å². The molecule has 3 unspecified atom stereocenters. The zero-order chi connectivity index (χ0) is 17.8. The van der Waals surface area contributed by atoms with Gasteiger partial charge in [-0.3, -0.25) is 0 Å².